The normalized spacial score (nSPS) is 17.0. The van der Waals surface area contributed by atoms with Gasteiger partial charge in [0.15, 0.2) is 0 Å². The molecule has 3 rings (SSSR count). The summed E-state index contributed by atoms with van der Waals surface area (Å²) in [5.41, 5.74) is 5.93. The van der Waals surface area contributed by atoms with E-state index in [0.717, 1.165) is 22.4 Å². The van der Waals surface area contributed by atoms with Gasteiger partial charge in [-0.3, -0.25) is 9.59 Å². The molecule has 1 aliphatic rings. The number of hydrogen-bond acceptors (Lipinski definition) is 2. The van der Waals surface area contributed by atoms with Gasteiger partial charge in [0.2, 0.25) is 5.91 Å². The molecule has 1 N–H and O–H groups in total. The van der Waals surface area contributed by atoms with Crippen LogP contribution >= 0.6 is 0 Å². The topological polar surface area (TPSA) is 49.4 Å². The fraction of sp³-hybridized carbons (Fsp3) is 0.333. The van der Waals surface area contributed by atoms with Crippen LogP contribution in [0.2, 0.25) is 0 Å². The summed E-state index contributed by atoms with van der Waals surface area (Å²) in [6.07, 6.45) is 0.627. The number of anilines is 1. The summed E-state index contributed by atoms with van der Waals surface area (Å²) in [4.78, 5) is 27.0. The number of hydrogen-bond donors (Lipinski definition) is 1. The zero-order chi connectivity index (χ0) is 18.1. The number of benzene rings is 2. The molecule has 2 aromatic rings. The molecule has 1 heterocycles. The Morgan fingerprint density at radius 3 is 2.44 bits per heavy atom. The Hall–Kier alpha value is -2.62. The molecule has 1 fully saturated rings. The van der Waals surface area contributed by atoms with Crippen LogP contribution in [0.25, 0.3) is 0 Å². The zero-order valence-electron chi connectivity index (χ0n) is 15.2. The van der Waals surface area contributed by atoms with Gasteiger partial charge < -0.3 is 10.2 Å². The van der Waals surface area contributed by atoms with Crippen molar-refractivity contribution in [1.82, 2.24) is 5.32 Å². The molecule has 130 valence electrons. The zero-order valence-corrected chi connectivity index (χ0v) is 15.2. The lowest BCUT2D eigenvalue weighted by Crippen LogP contribution is -2.41. The van der Waals surface area contributed by atoms with Crippen LogP contribution in [0, 0.1) is 27.7 Å². The monoisotopic (exact) mass is 336 g/mol. The fourth-order valence-electron chi connectivity index (χ4n) is 3.27. The molecular weight excluding hydrogens is 312 g/mol. The maximum Gasteiger partial charge on any atom is 0.252 e. The van der Waals surface area contributed by atoms with Gasteiger partial charge in [0, 0.05) is 17.8 Å². The Bertz CT molecular complexity index is 842. The van der Waals surface area contributed by atoms with Gasteiger partial charge in [-0.05, 0) is 69.0 Å². The average Bonchev–Trinajstić information content (AvgIpc) is 2.91. The molecule has 0 saturated carbocycles. The van der Waals surface area contributed by atoms with Crippen molar-refractivity contribution in [3.05, 3.63) is 64.2 Å². The molecule has 25 heavy (non-hydrogen) atoms. The lowest BCUT2D eigenvalue weighted by Gasteiger charge is -2.18. The number of carbonyl (C=O) groups excluding carboxylic acids is 2. The molecule has 0 aromatic heterocycles. The largest absolute Gasteiger partial charge is 0.340 e. The summed E-state index contributed by atoms with van der Waals surface area (Å²) in [7, 11) is 0. The molecule has 0 bridgehead atoms. The second-order valence-electron chi connectivity index (χ2n) is 6.89. The summed E-state index contributed by atoms with van der Waals surface area (Å²) in [6, 6.07) is 11.3. The van der Waals surface area contributed by atoms with E-state index in [1.165, 1.54) is 5.56 Å². The first-order valence-corrected chi connectivity index (χ1v) is 8.63. The Balaban J connectivity index is 1.73. The highest BCUT2D eigenvalue weighted by Gasteiger charge is 2.34. The summed E-state index contributed by atoms with van der Waals surface area (Å²) in [5.74, 6) is -0.223. The number of rotatable bonds is 3. The quantitative estimate of drug-likeness (QED) is 0.933. The van der Waals surface area contributed by atoms with Crippen LogP contribution in [0.3, 0.4) is 0 Å². The second kappa shape index (κ2) is 6.71. The number of nitrogens with zero attached hydrogens (tertiary/aromatic N) is 1. The second-order valence-corrected chi connectivity index (χ2v) is 6.89. The third-order valence-corrected chi connectivity index (χ3v) is 4.94. The molecule has 4 nitrogen and oxygen atoms in total. The van der Waals surface area contributed by atoms with E-state index in [1.54, 1.807) is 4.90 Å². The first-order chi connectivity index (χ1) is 11.9. The number of carbonyl (C=O) groups is 2. The van der Waals surface area contributed by atoms with E-state index in [4.69, 9.17) is 0 Å². The first-order valence-electron chi connectivity index (χ1n) is 8.63. The van der Waals surface area contributed by atoms with E-state index >= 15 is 0 Å². The van der Waals surface area contributed by atoms with Crippen LogP contribution in [0.5, 0.6) is 0 Å². The lowest BCUT2D eigenvalue weighted by atomic mass is 10.0. The molecule has 1 aliphatic heterocycles. The van der Waals surface area contributed by atoms with Crippen LogP contribution in [0.15, 0.2) is 36.4 Å². The Labute approximate surface area is 148 Å². The van der Waals surface area contributed by atoms with Crippen LogP contribution in [-0.2, 0) is 4.79 Å². The lowest BCUT2D eigenvalue weighted by molar-refractivity contribution is -0.118. The summed E-state index contributed by atoms with van der Waals surface area (Å²) < 4.78 is 0. The van der Waals surface area contributed by atoms with Gasteiger partial charge in [0.05, 0.1) is 0 Å². The predicted molar refractivity (Wildman–Crippen MR) is 100 cm³/mol. The van der Waals surface area contributed by atoms with Gasteiger partial charge in [-0.2, -0.15) is 0 Å². The highest BCUT2D eigenvalue weighted by Crippen LogP contribution is 2.24. The summed E-state index contributed by atoms with van der Waals surface area (Å²) >= 11 is 0. The van der Waals surface area contributed by atoms with Crippen molar-refractivity contribution < 1.29 is 9.59 Å². The van der Waals surface area contributed by atoms with E-state index < -0.39 is 6.04 Å². The minimum absolute atomic E-state index is 0.0404. The Morgan fingerprint density at radius 2 is 1.76 bits per heavy atom. The van der Waals surface area contributed by atoms with Crippen molar-refractivity contribution in [2.24, 2.45) is 0 Å². The van der Waals surface area contributed by atoms with Gasteiger partial charge in [0.1, 0.15) is 6.04 Å². The van der Waals surface area contributed by atoms with Crippen molar-refractivity contribution >= 4 is 17.5 Å². The van der Waals surface area contributed by atoms with E-state index in [-0.39, 0.29) is 11.8 Å². The smallest absolute Gasteiger partial charge is 0.252 e. The number of amides is 2. The highest BCUT2D eigenvalue weighted by molar-refractivity contribution is 6.04. The molecule has 1 unspecified atom stereocenters. The minimum Gasteiger partial charge on any atom is -0.340 e. The van der Waals surface area contributed by atoms with Gasteiger partial charge in [-0.1, -0.05) is 23.8 Å². The molecule has 2 aromatic carbocycles. The Morgan fingerprint density at radius 1 is 1.00 bits per heavy atom. The molecule has 4 heteroatoms. The number of aryl methyl sites for hydroxylation is 4. The van der Waals surface area contributed by atoms with E-state index in [1.807, 2.05) is 57.2 Å². The molecule has 1 atom stereocenters. The summed E-state index contributed by atoms with van der Waals surface area (Å²) in [6.45, 7) is 8.63. The molecular formula is C21H24N2O2. The third-order valence-electron chi connectivity index (χ3n) is 4.94. The molecule has 0 spiro atoms. The minimum atomic E-state index is -0.463. The standard InChI is InChI=1S/C21H24N2O2/c1-13-5-8-18(16(4)11-13)20(24)22-19-9-10-23(21(19)25)17-7-6-14(2)15(3)12-17/h5-8,11-12,19H,9-10H2,1-4H3,(H,22,24). The van der Waals surface area contributed by atoms with Crippen molar-refractivity contribution in [3.8, 4) is 0 Å². The van der Waals surface area contributed by atoms with Crippen molar-refractivity contribution in [2.75, 3.05) is 11.4 Å². The van der Waals surface area contributed by atoms with Crippen LogP contribution in [0.1, 0.15) is 39.0 Å². The maximum atomic E-state index is 12.7. The summed E-state index contributed by atoms with van der Waals surface area (Å²) in [5, 5.41) is 2.90. The fourth-order valence-corrected chi connectivity index (χ4v) is 3.27. The number of nitrogens with one attached hydrogen (secondary N) is 1. The van der Waals surface area contributed by atoms with Gasteiger partial charge >= 0.3 is 0 Å². The molecule has 0 radical (unpaired) electrons. The van der Waals surface area contributed by atoms with Crippen molar-refractivity contribution in [3.63, 3.8) is 0 Å². The first kappa shape index (κ1) is 17.2. The molecule has 1 saturated heterocycles. The van der Waals surface area contributed by atoms with Gasteiger partial charge in [-0.15, -0.1) is 0 Å². The van der Waals surface area contributed by atoms with E-state index in [9.17, 15) is 9.59 Å². The Kier molecular flexibility index (Phi) is 4.62. The average molecular weight is 336 g/mol. The third kappa shape index (κ3) is 3.43. The van der Waals surface area contributed by atoms with Crippen molar-refractivity contribution in [1.29, 1.82) is 0 Å². The van der Waals surface area contributed by atoms with Gasteiger partial charge in [-0.25, -0.2) is 0 Å². The van der Waals surface area contributed by atoms with E-state index in [2.05, 4.69) is 12.2 Å². The van der Waals surface area contributed by atoms with Crippen LogP contribution in [0.4, 0.5) is 5.69 Å². The van der Waals surface area contributed by atoms with Crippen molar-refractivity contribution in [2.45, 2.75) is 40.2 Å². The van der Waals surface area contributed by atoms with Crippen LogP contribution in [-0.4, -0.2) is 24.4 Å². The van der Waals surface area contributed by atoms with E-state index in [0.29, 0.717) is 18.5 Å². The SMILES string of the molecule is Cc1ccc(C(=O)NC2CCN(c3ccc(C)c(C)c3)C2=O)c(C)c1. The maximum absolute atomic E-state index is 12.7. The molecule has 0 aliphatic carbocycles. The highest BCUT2D eigenvalue weighted by atomic mass is 16.2. The predicted octanol–water partition coefficient (Wildman–Crippen LogP) is 3.46. The van der Waals surface area contributed by atoms with Gasteiger partial charge in [0.25, 0.3) is 5.91 Å². The van der Waals surface area contributed by atoms with Crippen LogP contribution < -0.4 is 10.2 Å². The molecule has 2 amide bonds.